The van der Waals surface area contributed by atoms with Crippen molar-refractivity contribution in [3.05, 3.63) is 82.9 Å². The summed E-state index contributed by atoms with van der Waals surface area (Å²) in [6.07, 6.45) is 9.25. The van der Waals surface area contributed by atoms with E-state index in [4.69, 9.17) is 11.6 Å². The van der Waals surface area contributed by atoms with Gasteiger partial charge in [-0.3, -0.25) is 4.79 Å². The van der Waals surface area contributed by atoms with Crippen LogP contribution in [-0.4, -0.2) is 25.5 Å². The zero-order valence-corrected chi connectivity index (χ0v) is 18.7. The monoisotopic (exact) mass is 458 g/mol. The second-order valence-corrected chi connectivity index (χ2v) is 9.35. The van der Waals surface area contributed by atoms with E-state index < -0.39 is 0 Å². The van der Waals surface area contributed by atoms with Crippen molar-refractivity contribution < 1.29 is 4.79 Å². The van der Waals surface area contributed by atoms with Gasteiger partial charge in [-0.05, 0) is 60.4 Å². The molecule has 2 N–H and O–H groups in total. The molecule has 2 atom stereocenters. The van der Waals surface area contributed by atoms with E-state index >= 15 is 0 Å². The number of nitrogens with zero attached hydrogens (tertiary/aromatic N) is 4. The molecule has 2 saturated carbocycles. The van der Waals surface area contributed by atoms with Gasteiger partial charge in [0.25, 0.3) is 0 Å². The highest BCUT2D eigenvalue weighted by atomic mass is 35.5. The molecule has 0 radical (unpaired) electrons. The Kier molecular flexibility index (Phi) is 4.99. The first-order valence-electron chi connectivity index (χ1n) is 11.2. The smallest absolute Gasteiger partial charge is 0.229 e. The average molecular weight is 459 g/mol. The Bertz CT molecular complexity index is 1350. The van der Waals surface area contributed by atoms with Crippen LogP contribution in [0.2, 0.25) is 5.02 Å². The topological polar surface area (TPSA) is 84.2 Å². The van der Waals surface area contributed by atoms with Gasteiger partial charge in [0.1, 0.15) is 5.65 Å². The number of hydrogen-bond acceptors (Lipinski definition) is 5. The van der Waals surface area contributed by atoms with Gasteiger partial charge in [0.05, 0.1) is 24.1 Å². The predicted octanol–water partition coefficient (Wildman–Crippen LogP) is 5.01. The lowest BCUT2D eigenvalue weighted by Gasteiger charge is -2.07. The van der Waals surface area contributed by atoms with E-state index in [1.54, 1.807) is 12.3 Å². The Labute approximate surface area is 196 Å². The van der Waals surface area contributed by atoms with Gasteiger partial charge in [-0.1, -0.05) is 29.8 Å². The fraction of sp³-hybridized carbons (Fsp3) is 0.280. The first-order valence-corrected chi connectivity index (χ1v) is 11.6. The molecule has 1 amide bonds. The molecule has 7 nitrogen and oxygen atoms in total. The molecular weight excluding hydrogens is 436 g/mol. The van der Waals surface area contributed by atoms with Crippen molar-refractivity contribution in [3.8, 4) is 0 Å². The maximum atomic E-state index is 12.7. The number of halogens is 1. The molecule has 2 aliphatic rings. The quantitative estimate of drug-likeness (QED) is 0.406. The van der Waals surface area contributed by atoms with Crippen LogP contribution in [0.15, 0.2) is 61.1 Å². The van der Waals surface area contributed by atoms with Crippen molar-refractivity contribution >= 4 is 34.7 Å². The number of carbonyl (C=O) groups excluding carboxylic acids is 1. The molecule has 1 aromatic carbocycles. The largest absolute Gasteiger partial charge is 0.378 e. The highest BCUT2D eigenvalue weighted by molar-refractivity contribution is 6.30. The average Bonchev–Trinajstić information content (AvgIpc) is 3.74. The van der Waals surface area contributed by atoms with Crippen LogP contribution in [0.4, 0.5) is 11.5 Å². The van der Waals surface area contributed by atoms with E-state index in [1.807, 2.05) is 24.3 Å². The van der Waals surface area contributed by atoms with Gasteiger partial charge in [-0.25, -0.2) is 4.98 Å². The molecule has 2 fully saturated rings. The Morgan fingerprint density at radius 2 is 2.03 bits per heavy atom. The molecule has 2 unspecified atom stereocenters. The molecule has 6 rings (SSSR count). The first-order chi connectivity index (χ1) is 16.1. The van der Waals surface area contributed by atoms with Crippen molar-refractivity contribution in [2.24, 2.45) is 5.92 Å². The zero-order valence-electron chi connectivity index (χ0n) is 17.9. The fourth-order valence-corrected chi connectivity index (χ4v) is 4.53. The van der Waals surface area contributed by atoms with Gasteiger partial charge in [-0.2, -0.15) is 5.10 Å². The SMILES string of the molecule is O=C(Nc1cc(NCc2cn3cc(C4CC4)ccc3n2)cnn1)C1CC1c1cccc(Cl)c1. The summed E-state index contributed by atoms with van der Waals surface area (Å²) in [5.41, 5.74) is 5.13. The normalized spacial score (nSPS) is 19.4. The third-order valence-corrected chi connectivity index (χ3v) is 6.59. The van der Waals surface area contributed by atoms with Crippen LogP contribution in [0.5, 0.6) is 0 Å². The van der Waals surface area contributed by atoms with E-state index in [1.165, 1.54) is 18.4 Å². The van der Waals surface area contributed by atoms with Gasteiger partial charge in [-0.15, -0.1) is 5.10 Å². The lowest BCUT2D eigenvalue weighted by Crippen LogP contribution is -2.16. The van der Waals surface area contributed by atoms with Gasteiger partial charge in [0.15, 0.2) is 5.82 Å². The van der Waals surface area contributed by atoms with Gasteiger partial charge in [0, 0.05) is 29.4 Å². The molecule has 3 heterocycles. The fourth-order valence-electron chi connectivity index (χ4n) is 4.33. The maximum absolute atomic E-state index is 12.7. The first kappa shape index (κ1) is 20.2. The van der Waals surface area contributed by atoms with Gasteiger partial charge >= 0.3 is 0 Å². The van der Waals surface area contributed by atoms with Gasteiger partial charge in [0.2, 0.25) is 5.91 Å². The Morgan fingerprint density at radius 3 is 2.88 bits per heavy atom. The molecular formula is C25H23ClN6O. The van der Waals surface area contributed by atoms with Crippen LogP contribution in [0.3, 0.4) is 0 Å². The summed E-state index contributed by atoms with van der Waals surface area (Å²) >= 11 is 6.08. The van der Waals surface area contributed by atoms with E-state index in [2.05, 4.69) is 54.7 Å². The molecule has 33 heavy (non-hydrogen) atoms. The van der Waals surface area contributed by atoms with E-state index in [0.717, 1.165) is 29.0 Å². The lowest BCUT2D eigenvalue weighted by atomic mass is 10.1. The zero-order chi connectivity index (χ0) is 22.4. The second-order valence-electron chi connectivity index (χ2n) is 8.91. The minimum Gasteiger partial charge on any atom is -0.378 e. The Balaban J connectivity index is 1.08. The number of benzene rings is 1. The van der Waals surface area contributed by atoms with Crippen LogP contribution in [-0.2, 0) is 11.3 Å². The number of carbonyl (C=O) groups is 1. The minimum absolute atomic E-state index is 0.0433. The third-order valence-electron chi connectivity index (χ3n) is 6.36. The number of rotatable bonds is 7. The van der Waals surface area contributed by atoms with E-state index in [-0.39, 0.29) is 17.7 Å². The number of hydrogen-bond donors (Lipinski definition) is 2. The molecule has 0 bridgehead atoms. The summed E-state index contributed by atoms with van der Waals surface area (Å²) in [6, 6.07) is 13.7. The number of imidazole rings is 1. The highest BCUT2D eigenvalue weighted by Crippen LogP contribution is 2.48. The molecule has 3 aromatic heterocycles. The van der Waals surface area contributed by atoms with Crippen molar-refractivity contribution in [2.45, 2.75) is 37.6 Å². The van der Waals surface area contributed by atoms with Crippen molar-refractivity contribution in [1.29, 1.82) is 0 Å². The summed E-state index contributed by atoms with van der Waals surface area (Å²) in [4.78, 5) is 17.3. The number of pyridine rings is 1. The van der Waals surface area contributed by atoms with E-state index in [0.29, 0.717) is 23.3 Å². The standard InChI is InChI=1S/C25H23ClN6O/c26-18-3-1-2-16(8-18)21-10-22(21)25(33)30-23-9-19(12-28-31-23)27-11-20-14-32-13-17(15-4-5-15)6-7-24(32)29-20/h1-3,6-9,12-15,21-22H,4-5,10-11H2,(H2,27,30,31,33). The number of aromatic nitrogens is 4. The van der Waals surface area contributed by atoms with Crippen LogP contribution in [0.25, 0.3) is 5.65 Å². The molecule has 166 valence electrons. The molecule has 8 heteroatoms. The van der Waals surface area contributed by atoms with Crippen molar-refractivity contribution in [2.75, 3.05) is 10.6 Å². The molecule has 0 saturated heterocycles. The Morgan fingerprint density at radius 1 is 1.12 bits per heavy atom. The summed E-state index contributed by atoms with van der Waals surface area (Å²) < 4.78 is 2.09. The minimum atomic E-state index is -0.0691. The second kappa shape index (κ2) is 8.15. The summed E-state index contributed by atoms with van der Waals surface area (Å²) in [7, 11) is 0. The summed E-state index contributed by atoms with van der Waals surface area (Å²) in [5.74, 6) is 1.24. The predicted molar refractivity (Wildman–Crippen MR) is 127 cm³/mol. The summed E-state index contributed by atoms with van der Waals surface area (Å²) in [6.45, 7) is 0.555. The van der Waals surface area contributed by atoms with Crippen LogP contribution in [0, 0.1) is 5.92 Å². The molecule has 0 spiro atoms. The highest BCUT2D eigenvalue weighted by Gasteiger charge is 2.44. The third kappa shape index (κ3) is 4.41. The summed E-state index contributed by atoms with van der Waals surface area (Å²) in [5, 5.41) is 15.0. The van der Waals surface area contributed by atoms with Crippen molar-refractivity contribution in [1.82, 2.24) is 19.6 Å². The molecule has 2 aliphatic carbocycles. The van der Waals surface area contributed by atoms with Crippen LogP contribution >= 0.6 is 11.6 Å². The van der Waals surface area contributed by atoms with Crippen LogP contribution in [0.1, 0.15) is 47.9 Å². The lowest BCUT2D eigenvalue weighted by molar-refractivity contribution is -0.117. The maximum Gasteiger partial charge on any atom is 0.229 e. The molecule has 0 aliphatic heterocycles. The van der Waals surface area contributed by atoms with Gasteiger partial charge < -0.3 is 15.0 Å². The number of amides is 1. The number of anilines is 2. The van der Waals surface area contributed by atoms with E-state index in [9.17, 15) is 4.79 Å². The molecule has 4 aromatic rings. The Hall–Kier alpha value is -3.45. The number of nitrogens with one attached hydrogen (secondary N) is 2. The van der Waals surface area contributed by atoms with Crippen LogP contribution < -0.4 is 10.6 Å². The number of fused-ring (bicyclic) bond motifs is 1. The van der Waals surface area contributed by atoms with Crippen molar-refractivity contribution in [3.63, 3.8) is 0 Å².